The van der Waals surface area contributed by atoms with Crippen LogP contribution in [0.2, 0.25) is 0 Å². The number of carbonyl (C=O) groups is 2. The zero-order valence-corrected chi connectivity index (χ0v) is 12.2. The zero-order valence-electron chi connectivity index (χ0n) is 11.4. The third kappa shape index (κ3) is 2.88. The van der Waals surface area contributed by atoms with E-state index < -0.39 is 5.97 Å². The molecular weight excluding hydrogens is 280 g/mol. The number of aromatic nitrogens is 1. The summed E-state index contributed by atoms with van der Waals surface area (Å²) in [4.78, 5) is 29.7. The molecule has 0 fully saturated rings. The maximum atomic E-state index is 12.2. The Labute approximate surface area is 120 Å². The van der Waals surface area contributed by atoms with Gasteiger partial charge in [-0.25, -0.2) is 4.98 Å². The number of amides is 1. The molecule has 0 aliphatic carbocycles. The molecule has 2 heterocycles. The van der Waals surface area contributed by atoms with Gasteiger partial charge in [0, 0.05) is 7.05 Å². The lowest BCUT2D eigenvalue weighted by atomic mass is 10.3. The van der Waals surface area contributed by atoms with E-state index in [1.54, 1.807) is 6.92 Å². The molecule has 6 nitrogen and oxygen atoms in total. The first-order chi connectivity index (χ1) is 9.52. The summed E-state index contributed by atoms with van der Waals surface area (Å²) in [5, 5.41) is 1.90. The predicted molar refractivity (Wildman–Crippen MR) is 73.5 cm³/mol. The summed E-state index contributed by atoms with van der Waals surface area (Å²) in [6.45, 7) is 1.54. The first kappa shape index (κ1) is 14.3. The Morgan fingerprint density at radius 3 is 2.85 bits per heavy atom. The molecule has 0 unspecified atom stereocenters. The summed E-state index contributed by atoms with van der Waals surface area (Å²) in [7, 11) is 2.79. The maximum Gasteiger partial charge on any atom is 0.325 e. The summed E-state index contributed by atoms with van der Waals surface area (Å²) in [6.07, 6.45) is 0. The third-order valence-corrected chi connectivity index (χ3v) is 3.53. The van der Waals surface area contributed by atoms with Crippen LogP contribution >= 0.6 is 11.3 Å². The second-order valence-electron chi connectivity index (χ2n) is 4.14. The van der Waals surface area contributed by atoms with Crippen molar-refractivity contribution < 1.29 is 18.7 Å². The van der Waals surface area contributed by atoms with Crippen LogP contribution in [0.4, 0.5) is 0 Å². The van der Waals surface area contributed by atoms with Crippen molar-refractivity contribution in [2.75, 3.05) is 20.7 Å². The molecule has 0 bridgehead atoms. The minimum atomic E-state index is -0.486. The number of likely N-dealkylation sites (N-methyl/N-ethyl adjacent to an activating group) is 1. The lowest BCUT2D eigenvalue weighted by Crippen LogP contribution is -2.33. The van der Waals surface area contributed by atoms with E-state index in [9.17, 15) is 9.59 Å². The molecular formula is C13H14N2O4S. The van der Waals surface area contributed by atoms with E-state index in [4.69, 9.17) is 4.42 Å². The molecule has 0 N–H and O–H groups in total. The summed E-state index contributed by atoms with van der Waals surface area (Å²) >= 11 is 1.48. The highest BCUT2D eigenvalue weighted by Crippen LogP contribution is 2.26. The van der Waals surface area contributed by atoms with Gasteiger partial charge in [-0.1, -0.05) is 6.07 Å². The molecule has 0 saturated heterocycles. The molecule has 0 radical (unpaired) electrons. The summed E-state index contributed by atoms with van der Waals surface area (Å²) in [5.41, 5.74) is 0.208. The Hall–Kier alpha value is -2.15. The van der Waals surface area contributed by atoms with Crippen molar-refractivity contribution in [2.45, 2.75) is 6.92 Å². The SMILES string of the molecule is COC(=O)CN(C)C(=O)c1nc(-c2cccs2)oc1C. The number of hydrogen-bond acceptors (Lipinski definition) is 6. The molecule has 20 heavy (non-hydrogen) atoms. The van der Waals surface area contributed by atoms with Crippen LogP contribution in [0, 0.1) is 6.92 Å². The highest BCUT2D eigenvalue weighted by Gasteiger charge is 2.23. The van der Waals surface area contributed by atoms with Gasteiger partial charge in [0.1, 0.15) is 12.3 Å². The molecule has 0 aromatic carbocycles. The summed E-state index contributed by atoms with van der Waals surface area (Å²) in [6, 6.07) is 3.74. The number of rotatable bonds is 4. The first-order valence-electron chi connectivity index (χ1n) is 5.86. The van der Waals surface area contributed by atoms with Crippen molar-refractivity contribution in [3.63, 3.8) is 0 Å². The molecule has 0 spiro atoms. The first-order valence-corrected chi connectivity index (χ1v) is 6.74. The Kier molecular flexibility index (Phi) is 4.19. The average Bonchev–Trinajstić information content (AvgIpc) is 3.06. The lowest BCUT2D eigenvalue weighted by molar-refractivity contribution is -0.141. The standard InChI is InChI=1S/C13H14N2O4S/c1-8-11(13(17)15(2)7-10(16)18-3)14-12(19-8)9-5-4-6-20-9/h4-6H,7H2,1-3H3. The smallest absolute Gasteiger partial charge is 0.325 e. The highest BCUT2D eigenvalue weighted by molar-refractivity contribution is 7.13. The van der Waals surface area contributed by atoms with Gasteiger partial charge in [-0.3, -0.25) is 9.59 Å². The van der Waals surface area contributed by atoms with Gasteiger partial charge >= 0.3 is 5.97 Å². The van der Waals surface area contributed by atoms with E-state index in [2.05, 4.69) is 9.72 Å². The van der Waals surface area contributed by atoms with Crippen LogP contribution in [0.15, 0.2) is 21.9 Å². The largest absolute Gasteiger partial charge is 0.468 e. The minimum Gasteiger partial charge on any atom is -0.468 e. The second-order valence-corrected chi connectivity index (χ2v) is 5.09. The van der Waals surface area contributed by atoms with Crippen LogP contribution in [-0.4, -0.2) is 42.5 Å². The summed E-state index contributed by atoms with van der Waals surface area (Å²) in [5.74, 6) is -0.0256. The number of esters is 1. The van der Waals surface area contributed by atoms with Crippen molar-refractivity contribution in [3.8, 4) is 10.8 Å². The molecule has 0 aliphatic heterocycles. The third-order valence-electron chi connectivity index (χ3n) is 2.67. The van der Waals surface area contributed by atoms with Crippen LogP contribution in [-0.2, 0) is 9.53 Å². The molecule has 0 saturated carbocycles. The van der Waals surface area contributed by atoms with Gasteiger partial charge in [-0.05, 0) is 18.4 Å². The van der Waals surface area contributed by atoms with E-state index in [-0.39, 0.29) is 18.1 Å². The highest BCUT2D eigenvalue weighted by atomic mass is 32.1. The van der Waals surface area contributed by atoms with E-state index in [0.717, 1.165) is 4.88 Å². The van der Waals surface area contributed by atoms with E-state index >= 15 is 0 Å². The number of oxazole rings is 1. The Bertz CT molecular complexity index is 618. The van der Waals surface area contributed by atoms with Gasteiger partial charge in [0.25, 0.3) is 5.91 Å². The normalized spacial score (nSPS) is 10.3. The van der Waals surface area contributed by atoms with Crippen molar-refractivity contribution in [3.05, 3.63) is 29.0 Å². The fraction of sp³-hybridized carbons (Fsp3) is 0.308. The molecule has 7 heteroatoms. The number of carbonyl (C=O) groups excluding carboxylic acids is 2. The van der Waals surface area contributed by atoms with E-state index in [1.807, 2.05) is 17.5 Å². The van der Waals surface area contributed by atoms with Gasteiger partial charge in [0.05, 0.1) is 12.0 Å². The van der Waals surface area contributed by atoms with Crippen molar-refractivity contribution in [1.82, 2.24) is 9.88 Å². The van der Waals surface area contributed by atoms with Crippen molar-refractivity contribution in [1.29, 1.82) is 0 Å². The Morgan fingerprint density at radius 1 is 1.50 bits per heavy atom. The van der Waals surface area contributed by atoms with Crippen LogP contribution in [0.1, 0.15) is 16.2 Å². The number of aryl methyl sites for hydroxylation is 1. The van der Waals surface area contributed by atoms with Gasteiger partial charge in [0.2, 0.25) is 5.89 Å². The number of nitrogens with zero attached hydrogens (tertiary/aromatic N) is 2. The molecule has 0 atom stereocenters. The molecule has 1 amide bonds. The topological polar surface area (TPSA) is 72.6 Å². The number of thiophene rings is 1. The quantitative estimate of drug-likeness (QED) is 0.806. The number of methoxy groups -OCH3 is 1. The molecule has 2 aromatic heterocycles. The zero-order chi connectivity index (χ0) is 14.7. The Morgan fingerprint density at radius 2 is 2.25 bits per heavy atom. The van der Waals surface area contributed by atoms with Gasteiger partial charge in [-0.2, -0.15) is 0 Å². The second kappa shape index (κ2) is 5.87. The lowest BCUT2D eigenvalue weighted by Gasteiger charge is -2.13. The van der Waals surface area contributed by atoms with Crippen LogP contribution in [0.3, 0.4) is 0 Å². The van der Waals surface area contributed by atoms with E-state index in [0.29, 0.717) is 11.7 Å². The minimum absolute atomic E-state index is 0.129. The fourth-order valence-corrected chi connectivity index (χ4v) is 2.26. The molecule has 2 aromatic rings. The van der Waals surface area contributed by atoms with Crippen LogP contribution in [0.5, 0.6) is 0 Å². The van der Waals surface area contributed by atoms with Gasteiger partial charge in [0.15, 0.2) is 5.69 Å². The predicted octanol–water partition coefficient (Wildman–Crippen LogP) is 1.96. The van der Waals surface area contributed by atoms with Crippen LogP contribution in [0.25, 0.3) is 10.8 Å². The van der Waals surface area contributed by atoms with Crippen molar-refractivity contribution in [2.24, 2.45) is 0 Å². The van der Waals surface area contributed by atoms with Gasteiger partial charge < -0.3 is 14.1 Å². The molecule has 2 rings (SSSR count). The summed E-state index contributed by atoms with van der Waals surface area (Å²) < 4.78 is 10.0. The van der Waals surface area contributed by atoms with E-state index in [1.165, 1.54) is 30.4 Å². The number of ether oxygens (including phenoxy) is 1. The molecule has 106 valence electrons. The maximum absolute atomic E-state index is 12.2. The number of hydrogen-bond donors (Lipinski definition) is 0. The molecule has 0 aliphatic rings. The van der Waals surface area contributed by atoms with Crippen LogP contribution < -0.4 is 0 Å². The van der Waals surface area contributed by atoms with Gasteiger partial charge in [-0.15, -0.1) is 11.3 Å². The Balaban J connectivity index is 2.20. The van der Waals surface area contributed by atoms with Crippen molar-refractivity contribution >= 4 is 23.2 Å². The monoisotopic (exact) mass is 294 g/mol. The average molecular weight is 294 g/mol. The fourth-order valence-electron chi connectivity index (χ4n) is 1.61.